The van der Waals surface area contributed by atoms with Gasteiger partial charge >= 0.3 is 0 Å². The molecule has 4 rings (SSSR count). The SMILES string of the molecule is COc1ccc(C)cc1N(CC(=O)N(Cc1ccccc1)C(Cc1ccccc1)C(=O)NC1CCCCC1)S(C)(=O)=O. The number of hydrogen-bond acceptors (Lipinski definition) is 5. The predicted molar refractivity (Wildman–Crippen MR) is 166 cm³/mol. The van der Waals surface area contributed by atoms with E-state index in [1.165, 1.54) is 12.0 Å². The Morgan fingerprint density at radius 3 is 2.14 bits per heavy atom. The fraction of sp³-hybridized carbons (Fsp3) is 0.394. The van der Waals surface area contributed by atoms with E-state index in [9.17, 15) is 18.0 Å². The molecule has 1 unspecified atom stereocenters. The number of ether oxygens (including phenoxy) is 1. The summed E-state index contributed by atoms with van der Waals surface area (Å²) in [7, 11) is -2.43. The third-order valence-electron chi connectivity index (χ3n) is 7.70. The molecule has 0 aromatic heterocycles. The number of carbonyl (C=O) groups is 2. The van der Waals surface area contributed by atoms with Crippen LogP contribution in [-0.4, -0.2) is 57.1 Å². The van der Waals surface area contributed by atoms with E-state index in [0.29, 0.717) is 12.2 Å². The molecular formula is C33H41N3O5S. The summed E-state index contributed by atoms with van der Waals surface area (Å²) in [5, 5.41) is 3.22. The quantitative estimate of drug-likeness (QED) is 0.325. The molecule has 1 saturated carbocycles. The van der Waals surface area contributed by atoms with E-state index in [-0.39, 0.29) is 24.2 Å². The molecule has 0 bridgehead atoms. The van der Waals surface area contributed by atoms with Gasteiger partial charge in [-0.3, -0.25) is 13.9 Å². The Bertz CT molecular complexity index is 1440. The Labute approximate surface area is 249 Å². The molecule has 3 aromatic rings. The molecule has 8 nitrogen and oxygen atoms in total. The van der Waals surface area contributed by atoms with Crippen molar-refractivity contribution in [3.8, 4) is 5.75 Å². The van der Waals surface area contributed by atoms with E-state index in [2.05, 4.69) is 5.32 Å². The standard InChI is InChI=1S/C33H41N3O5S/c1-25-19-20-31(41-2)29(21-25)36(42(3,39)40)24-32(37)35(23-27-15-9-5-10-16-27)30(22-26-13-7-4-8-14-26)33(38)34-28-17-11-6-12-18-28/h4-5,7-10,13-16,19-21,28,30H,6,11-12,17-18,22-24H2,1-3H3,(H,34,38). The molecule has 1 aliphatic rings. The Morgan fingerprint density at radius 1 is 0.929 bits per heavy atom. The van der Waals surface area contributed by atoms with Gasteiger partial charge < -0.3 is 15.0 Å². The number of methoxy groups -OCH3 is 1. The highest BCUT2D eigenvalue weighted by Crippen LogP contribution is 2.31. The lowest BCUT2D eigenvalue weighted by Crippen LogP contribution is -2.55. The zero-order valence-corrected chi connectivity index (χ0v) is 25.5. The highest BCUT2D eigenvalue weighted by atomic mass is 32.2. The zero-order chi connectivity index (χ0) is 30.1. The first-order valence-corrected chi connectivity index (χ1v) is 16.3. The van der Waals surface area contributed by atoms with Crippen molar-refractivity contribution in [1.82, 2.24) is 10.2 Å². The summed E-state index contributed by atoms with van der Waals surface area (Å²) in [5.74, 6) is -0.369. The van der Waals surface area contributed by atoms with E-state index >= 15 is 0 Å². The first kappa shape index (κ1) is 31.1. The van der Waals surface area contributed by atoms with Gasteiger partial charge in [-0.25, -0.2) is 8.42 Å². The minimum Gasteiger partial charge on any atom is -0.495 e. The van der Waals surface area contributed by atoms with Crippen LogP contribution in [0.3, 0.4) is 0 Å². The third kappa shape index (κ3) is 8.35. The van der Waals surface area contributed by atoms with Crippen molar-refractivity contribution in [2.45, 2.75) is 64.1 Å². The minimum absolute atomic E-state index is 0.0577. The maximum atomic E-state index is 14.3. The summed E-state index contributed by atoms with van der Waals surface area (Å²) in [6.07, 6.45) is 6.45. The van der Waals surface area contributed by atoms with E-state index in [0.717, 1.165) is 59.4 Å². The fourth-order valence-corrected chi connectivity index (χ4v) is 6.31. The van der Waals surface area contributed by atoms with Gasteiger partial charge in [0, 0.05) is 19.0 Å². The molecular weight excluding hydrogens is 550 g/mol. The highest BCUT2D eigenvalue weighted by molar-refractivity contribution is 7.92. The lowest BCUT2D eigenvalue weighted by atomic mass is 9.94. The van der Waals surface area contributed by atoms with Gasteiger partial charge in [-0.05, 0) is 48.6 Å². The average Bonchev–Trinajstić information content (AvgIpc) is 2.98. The van der Waals surface area contributed by atoms with Gasteiger partial charge in [0.25, 0.3) is 0 Å². The second-order valence-corrected chi connectivity index (χ2v) is 12.9. The summed E-state index contributed by atoms with van der Waals surface area (Å²) in [6, 6.07) is 23.5. The van der Waals surface area contributed by atoms with Crippen LogP contribution in [-0.2, 0) is 32.6 Å². The molecule has 0 heterocycles. The van der Waals surface area contributed by atoms with Crippen LogP contribution >= 0.6 is 0 Å². The maximum absolute atomic E-state index is 14.3. The van der Waals surface area contributed by atoms with Crippen LogP contribution in [0.4, 0.5) is 5.69 Å². The van der Waals surface area contributed by atoms with Crippen LogP contribution in [0.25, 0.3) is 0 Å². The largest absolute Gasteiger partial charge is 0.495 e. The van der Waals surface area contributed by atoms with Crippen LogP contribution in [0.5, 0.6) is 5.75 Å². The number of carbonyl (C=O) groups excluding carboxylic acids is 2. The smallest absolute Gasteiger partial charge is 0.244 e. The molecule has 1 aliphatic carbocycles. The monoisotopic (exact) mass is 591 g/mol. The number of nitrogens with zero attached hydrogens (tertiary/aromatic N) is 2. The molecule has 0 spiro atoms. The number of aryl methyl sites for hydroxylation is 1. The van der Waals surface area contributed by atoms with Crippen molar-refractivity contribution in [2.75, 3.05) is 24.2 Å². The van der Waals surface area contributed by atoms with Crippen molar-refractivity contribution < 1.29 is 22.7 Å². The van der Waals surface area contributed by atoms with Crippen molar-refractivity contribution in [3.63, 3.8) is 0 Å². The molecule has 3 aromatic carbocycles. The molecule has 2 amide bonds. The van der Waals surface area contributed by atoms with Gasteiger partial charge in [0.05, 0.1) is 19.1 Å². The van der Waals surface area contributed by atoms with Crippen LogP contribution in [0.2, 0.25) is 0 Å². The Kier molecular flexibility index (Phi) is 10.6. The second kappa shape index (κ2) is 14.4. The first-order chi connectivity index (χ1) is 20.2. The maximum Gasteiger partial charge on any atom is 0.244 e. The van der Waals surface area contributed by atoms with Gasteiger partial charge in [-0.15, -0.1) is 0 Å². The van der Waals surface area contributed by atoms with Crippen molar-refractivity contribution in [1.29, 1.82) is 0 Å². The Balaban J connectivity index is 1.73. The minimum atomic E-state index is -3.89. The summed E-state index contributed by atoms with van der Waals surface area (Å²) < 4.78 is 32.7. The lowest BCUT2D eigenvalue weighted by molar-refractivity contribution is -0.140. The fourth-order valence-electron chi connectivity index (χ4n) is 5.47. The van der Waals surface area contributed by atoms with Gasteiger partial charge in [-0.2, -0.15) is 0 Å². The first-order valence-electron chi connectivity index (χ1n) is 14.5. The number of nitrogens with one attached hydrogen (secondary N) is 1. The topological polar surface area (TPSA) is 96.0 Å². The Morgan fingerprint density at radius 2 is 1.55 bits per heavy atom. The molecule has 1 N–H and O–H groups in total. The third-order valence-corrected chi connectivity index (χ3v) is 8.83. The number of hydrogen-bond donors (Lipinski definition) is 1. The van der Waals surface area contributed by atoms with Crippen LogP contribution < -0.4 is 14.4 Å². The summed E-state index contributed by atoms with van der Waals surface area (Å²) in [5.41, 5.74) is 2.85. The highest BCUT2D eigenvalue weighted by Gasteiger charge is 2.34. The Hall–Kier alpha value is -3.85. The molecule has 42 heavy (non-hydrogen) atoms. The molecule has 1 atom stereocenters. The number of rotatable bonds is 12. The molecule has 0 aliphatic heterocycles. The molecule has 224 valence electrons. The van der Waals surface area contributed by atoms with E-state index in [1.54, 1.807) is 12.1 Å². The predicted octanol–water partition coefficient (Wildman–Crippen LogP) is 4.86. The van der Waals surface area contributed by atoms with Crippen LogP contribution in [0.1, 0.15) is 48.8 Å². The summed E-state index contributed by atoms with van der Waals surface area (Å²) in [4.78, 5) is 29.8. The van der Waals surface area contributed by atoms with Gasteiger partial charge in [0.15, 0.2) is 0 Å². The average molecular weight is 592 g/mol. The van der Waals surface area contributed by atoms with Crippen molar-refractivity contribution >= 4 is 27.5 Å². The number of anilines is 1. The normalized spacial score (nSPS) is 14.5. The molecule has 9 heteroatoms. The number of sulfonamides is 1. The number of amides is 2. The molecule has 0 radical (unpaired) electrons. The number of benzene rings is 3. The van der Waals surface area contributed by atoms with Crippen molar-refractivity contribution in [2.24, 2.45) is 0 Å². The lowest BCUT2D eigenvalue weighted by Gasteiger charge is -2.35. The van der Waals surface area contributed by atoms with E-state index < -0.39 is 28.5 Å². The molecule has 0 saturated heterocycles. The van der Waals surface area contributed by atoms with Crippen LogP contribution in [0, 0.1) is 6.92 Å². The van der Waals surface area contributed by atoms with Crippen molar-refractivity contribution in [3.05, 3.63) is 95.6 Å². The van der Waals surface area contributed by atoms with Crippen LogP contribution in [0.15, 0.2) is 78.9 Å². The van der Waals surface area contributed by atoms with Gasteiger partial charge in [0.1, 0.15) is 18.3 Å². The van der Waals surface area contributed by atoms with Gasteiger partial charge in [0.2, 0.25) is 21.8 Å². The zero-order valence-electron chi connectivity index (χ0n) is 24.7. The van der Waals surface area contributed by atoms with E-state index in [4.69, 9.17) is 4.74 Å². The van der Waals surface area contributed by atoms with Gasteiger partial charge in [-0.1, -0.05) is 86.0 Å². The second-order valence-electron chi connectivity index (χ2n) is 11.0. The summed E-state index contributed by atoms with van der Waals surface area (Å²) >= 11 is 0. The van der Waals surface area contributed by atoms with E-state index in [1.807, 2.05) is 73.7 Å². The summed E-state index contributed by atoms with van der Waals surface area (Å²) in [6.45, 7) is 1.52. The molecule has 1 fully saturated rings.